The van der Waals surface area contributed by atoms with E-state index >= 15 is 0 Å². The number of rotatable bonds is 5. The third-order valence-electron chi connectivity index (χ3n) is 4.53. The fourth-order valence-corrected chi connectivity index (χ4v) is 3.43. The van der Waals surface area contributed by atoms with E-state index in [1.54, 1.807) is 23.1 Å². The summed E-state index contributed by atoms with van der Waals surface area (Å²) in [4.78, 5) is 26.2. The summed E-state index contributed by atoms with van der Waals surface area (Å²) in [5.41, 5.74) is 0.410. The van der Waals surface area contributed by atoms with E-state index in [2.05, 4.69) is 5.32 Å². The van der Waals surface area contributed by atoms with Crippen LogP contribution in [0.25, 0.3) is 0 Å². The smallest absolute Gasteiger partial charge is 0.260 e. The van der Waals surface area contributed by atoms with Gasteiger partial charge in [-0.25, -0.2) is 4.39 Å². The van der Waals surface area contributed by atoms with E-state index in [9.17, 15) is 14.0 Å². The van der Waals surface area contributed by atoms with Crippen LogP contribution in [0.5, 0.6) is 5.75 Å². The van der Waals surface area contributed by atoms with Crippen molar-refractivity contribution in [2.75, 3.05) is 19.7 Å². The molecule has 0 saturated carbocycles. The Kier molecular flexibility index (Phi) is 6.75. The first-order valence-corrected chi connectivity index (χ1v) is 9.60. The van der Waals surface area contributed by atoms with Gasteiger partial charge in [0.15, 0.2) is 6.61 Å². The zero-order valence-corrected chi connectivity index (χ0v) is 16.5. The van der Waals surface area contributed by atoms with E-state index in [0.717, 1.165) is 0 Å². The van der Waals surface area contributed by atoms with Gasteiger partial charge in [-0.15, -0.1) is 0 Å². The Bertz CT molecular complexity index is 853. The summed E-state index contributed by atoms with van der Waals surface area (Å²) >= 11 is 11.9. The minimum Gasteiger partial charge on any atom is -0.482 e. The van der Waals surface area contributed by atoms with Crippen LogP contribution in [0.15, 0.2) is 42.5 Å². The van der Waals surface area contributed by atoms with Gasteiger partial charge in [0.1, 0.15) is 11.6 Å². The topological polar surface area (TPSA) is 58.6 Å². The van der Waals surface area contributed by atoms with Gasteiger partial charge in [0, 0.05) is 29.7 Å². The molecule has 1 fully saturated rings. The minimum absolute atomic E-state index is 0.0340. The van der Waals surface area contributed by atoms with Crippen molar-refractivity contribution >= 4 is 35.0 Å². The monoisotopic (exact) mass is 424 g/mol. The molecule has 148 valence electrons. The Morgan fingerprint density at radius 2 is 1.79 bits per heavy atom. The van der Waals surface area contributed by atoms with Gasteiger partial charge in [0.05, 0.1) is 5.02 Å². The highest BCUT2D eigenvalue weighted by molar-refractivity contribution is 6.35. The van der Waals surface area contributed by atoms with Gasteiger partial charge in [-0.3, -0.25) is 9.59 Å². The van der Waals surface area contributed by atoms with Crippen molar-refractivity contribution in [2.45, 2.75) is 18.9 Å². The molecule has 0 aromatic heterocycles. The van der Waals surface area contributed by atoms with E-state index in [-0.39, 0.29) is 30.3 Å². The summed E-state index contributed by atoms with van der Waals surface area (Å²) in [5.74, 6) is -0.369. The average Bonchev–Trinajstić information content (AvgIpc) is 2.68. The predicted molar refractivity (Wildman–Crippen MR) is 105 cm³/mol. The highest BCUT2D eigenvalue weighted by Gasteiger charge is 2.24. The molecule has 0 radical (unpaired) electrons. The molecule has 0 aliphatic carbocycles. The number of nitrogens with one attached hydrogen (secondary N) is 1. The van der Waals surface area contributed by atoms with E-state index in [1.165, 1.54) is 24.3 Å². The van der Waals surface area contributed by atoms with E-state index in [0.29, 0.717) is 47.3 Å². The van der Waals surface area contributed by atoms with Gasteiger partial charge in [0.25, 0.3) is 11.8 Å². The Labute approximate surface area is 172 Å². The van der Waals surface area contributed by atoms with Gasteiger partial charge in [-0.05, 0) is 55.3 Å². The molecular formula is C20H19Cl2FN2O3. The molecule has 1 saturated heterocycles. The lowest BCUT2D eigenvalue weighted by atomic mass is 10.0. The molecule has 0 unspecified atom stereocenters. The standard InChI is InChI=1S/C20H19Cl2FN2O3/c21-14-3-6-18(17(22)11-14)28-12-19(26)25-9-7-16(8-10-25)24-20(27)13-1-4-15(23)5-2-13/h1-6,11,16H,7-10,12H2,(H,24,27). The molecule has 0 atom stereocenters. The summed E-state index contributed by atoms with van der Waals surface area (Å²) in [6.07, 6.45) is 1.28. The molecule has 2 aromatic carbocycles. The molecule has 3 rings (SSSR count). The van der Waals surface area contributed by atoms with Crippen LogP contribution in [0.2, 0.25) is 10.0 Å². The van der Waals surface area contributed by atoms with Crippen molar-refractivity contribution in [3.8, 4) is 5.75 Å². The number of benzene rings is 2. The third-order valence-corrected chi connectivity index (χ3v) is 5.06. The average molecular weight is 425 g/mol. The number of carbonyl (C=O) groups is 2. The number of likely N-dealkylation sites (tertiary alicyclic amines) is 1. The van der Waals surface area contributed by atoms with Crippen LogP contribution in [-0.2, 0) is 4.79 Å². The van der Waals surface area contributed by atoms with Crippen molar-refractivity contribution in [3.05, 3.63) is 63.9 Å². The van der Waals surface area contributed by atoms with Crippen LogP contribution in [0.4, 0.5) is 4.39 Å². The SMILES string of the molecule is O=C(NC1CCN(C(=O)COc2ccc(Cl)cc2Cl)CC1)c1ccc(F)cc1. The number of nitrogens with zero attached hydrogens (tertiary/aromatic N) is 1. The number of halogens is 3. The largest absolute Gasteiger partial charge is 0.482 e. The fourth-order valence-electron chi connectivity index (χ4n) is 2.97. The first kappa shape index (κ1) is 20.4. The van der Waals surface area contributed by atoms with Gasteiger partial charge in [0.2, 0.25) is 0 Å². The number of hydrogen-bond acceptors (Lipinski definition) is 3. The Morgan fingerprint density at radius 3 is 2.43 bits per heavy atom. The molecule has 1 N–H and O–H groups in total. The molecular weight excluding hydrogens is 406 g/mol. The zero-order chi connectivity index (χ0) is 20.1. The van der Waals surface area contributed by atoms with Gasteiger partial charge >= 0.3 is 0 Å². The van der Waals surface area contributed by atoms with Crippen LogP contribution in [0.1, 0.15) is 23.2 Å². The van der Waals surface area contributed by atoms with Crippen molar-refractivity contribution < 1.29 is 18.7 Å². The van der Waals surface area contributed by atoms with Crippen molar-refractivity contribution in [1.82, 2.24) is 10.2 Å². The number of amides is 2. The Morgan fingerprint density at radius 1 is 1.11 bits per heavy atom. The summed E-state index contributed by atoms with van der Waals surface area (Å²) in [6.45, 7) is 0.920. The molecule has 2 amide bonds. The fraction of sp³-hybridized carbons (Fsp3) is 0.300. The molecule has 1 heterocycles. The third kappa shape index (κ3) is 5.36. The van der Waals surface area contributed by atoms with Gasteiger partial charge in [-0.1, -0.05) is 23.2 Å². The maximum absolute atomic E-state index is 12.9. The van der Waals surface area contributed by atoms with Gasteiger partial charge in [-0.2, -0.15) is 0 Å². The van der Waals surface area contributed by atoms with E-state index in [1.807, 2.05) is 0 Å². The summed E-state index contributed by atoms with van der Waals surface area (Å²) in [5, 5.41) is 3.77. The van der Waals surface area contributed by atoms with E-state index < -0.39 is 0 Å². The molecule has 5 nitrogen and oxygen atoms in total. The second-order valence-electron chi connectivity index (χ2n) is 6.50. The lowest BCUT2D eigenvalue weighted by Crippen LogP contribution is -2.47. The molecule has 28 heavy (non-hydrogen) atoms. The molecule has 1 aliphatic heterocycles. The first-order chi connectivity index (χ1) is 13.4. The number of hydrogen-bond donors (Lipinski definition) is 1. The highest BCUT2D eigenvalue weighted by atomic mass is 35.5. The molecule has 2 aromatic rings. The second-order valence-corrected chi connectivity index (χ2v) is 7.34. The van der Waals surface area contributed by atoms with Crippen LogP contribution in [0, 0.1) is 5.82 Å². The quantitative estimate of drug-likeness (QED) is 0.790. The maximum Gasteiger partial charge on any atom is 0.260 e. The number of piperidine rings is 1. The van der Waals surface area contributed by atoms with E-state index in [4.69, 9.17) is 27.9 Å². The summed E-state index contributed by atoms with van der Waals surface area (Å²) in [6, 6.07) is 10.2. The first-order valence-electron chi connectivity index (χ1n) is 8.84. The second kappa shape index (κ2) is 9.26. The summed E-state index contributed by atoms with van der Waals surface area (Å²) < 4.78 is 18.4. The summed E-state index contributed by atoms with van der Waals surface area (Å²) in [7, 11) is 0. The Hall–Kier alpha value is -2.31. The lowest BCUT2D eigenvalue weighted by molar-refractivity contribution is -0.134. The van der Waals surface area contributed by atoms with Crippen molar-refractivity contribution in [3.63, 3.8) is 0 Å². The van der Waals surface area contributed by atoms with Crippen molar-refractivity contribution in [1.29, 1.82) is 0 Å². The predicted octanol–water partition coefficient (Wildman–Crippen LogP) is 3.93. The number of ether oxygens (including phenoxy) is 1. The molecule has 1 aliphatic rings. The van der Waals surface area contributed by atoms with Gasteiger partial charge < -0.3 is 15.0 Å². The number of carbonyl (C=O) groups excluding carboxylic acids is 2. The maximum atomic E-state index is 12.9. The van der Waals surface area contributed by atoms with Crippen LogP contribution >= 0.6 is 23.2 Å². The minimum atomic E-state index is -0.384. The normalized spacial score (nSPS) is 14.6. The van der Waals surface area contributed by atoms with Crippen LogP contribution < -0.4 is 10.1 Å². The zero-order valence-electron chi connectivity index (χ0n) is 15.0. The molecule has 8 heteroatoms. The van der Waals surface area contributed by atoms with Crippen molar-refractivity contribution in [2.24, 2.45) is 0 Å². The molecule has 0 bridgehead atoms. The lowest BCUT2D eigenvalue weighted by Gasteiger charge is -2.32. The van der Waals surface area contributed by atoms with Crippen LogP contribution in [-0.4, -0.2) is 42.5 Å². The Balaban J connectivity index is 1.44. The van der Waals surface area contributed by atoms with Crippen LogP contribution in [0.3, 0.4) is 0 Å². The highest BCUT2D eigenvalue weighted by Crippen LogP contribution is 2.27. The molecule has 0 spiro atoms.